The highest BCUT2D eigenvalue weighted by molar-refractivity contribution is 7.07. The van der Waals surface area contributed by atoms with Gasteiger partial charge in [-0.3, -0.25) is 9.78 Å². The van der Waals surface area contributed by atoms with E-state index in [9.17, 15) is 4.79 Å². The van der Waals surface area contributed by atoms with Crippen LogP contribution in [0.25, 0.3) is 0 Å². The fourth-order valence-electron chi connectivity index (χ4n) is 2.66. The molecule has 9 heteroatoms. The van der Waals surface area contributed by atoms with Crippen LogP contribution in [-0.2, 0) is 6.61 Å². The first-order valence-electron chi connectivity index (χ1n) is 9.24. The van der Waals surface area contributed by atoms with E-state index >= 15 is 0 Å². The van der Waals surface area contributed by atoms with Crippen LogP contribution in [0.15, 0.2) is 71.9 Å². The average Bonchev–Trinajstić information content (AvgIpc) is 3.33. The summed E-state index contributed by atoms with van der Waals surface area (Å²) in [4.78, 5) is 24.8. The lowest BCUT2D eigenvalue weighted by Crippen LogP contribution is -2.12. The number of hydrogen-bond donors (Lipinski definition) is 1. The van der Waals surface area contributed by atoms with Crippen LogP contribution in [0.4, 0.5) is 5.69 Å². The van der Waals surface area contributed by atoms with E-state index in [1.54, 1.807) is 60.4 Å². The zero-order valence-electron chi connectivity index (χ0n) is 16.5. The Bertz CT molecular complexity index is 1140. The third-order valence-electron chi connectivity index (χ3n) is 4.16. The van der Waals surface area contributed by atoms with Crippen molar-refractivity contribution in [3.8, 4) is 23.1 Å². The normalized spacial score (nSPS) is 10.4. The second kappa shape index (κ2) is 9.68. The first-order valence-corrected chi connectivity index (χ1v) is 10.2. The third kappa shape index (κ3) is 5.34. The van der Waals surface area contributed by atoms with E-state index in [-0.39, 0.29) is 5.91 Å². The predicted octanol–water partition coefficient (Wildman–Crippen LogP) is 4.57. The minimum absolute atomic E-state index is 0.271. The molecule has 4 rings (SSSR count). The van der Waals surface area contributed by atoms with Crippen molar-refractivity contribution in [3.05, 3.63) is 83.2 Å². The summed E-state index contributed by atoms with van der Waals surface area (Å²) in [7, 11) is 1.53. The SMILES string of the molecule is COc1cc(C(=O)Nc2ccc(Oc3cnccn3)cc2)ccc1OCc1cscn1. The molecule has 2 aromatic carbocycles. The van der Waals surface area contributed by atoms with Gasteiger partial charge in [0, 0.05) is 29.0 Å². The van der Waals surface area contributed by atoms with E-state index in [1.165, 1.54) is 24.6 Å². The Balaban J connectivity index is 1.39. The Morgan fingerprint density at radius 3 is 2.65 bits per heavy atom. The first-order chi connectivity index (χ1) is 15.2. The van der Waals surface area contributed by atoms with Crippen LogP contribution in [0.3, 0.4) is 0 Å². The van der Waals surface area contributed by atoms with E-state index in [0.717, 1.165) is 5.69 Å². The van der Waals surface area contributed by atoms with Gasteiger partial charge < -0.3 is 19.5 Å². The van der Waals surface area contributed by atoms with Gasteiger partial charge >= 0.3 is 0 Å². The minimum atomic E-state index is -0.271. The highest BCUT2D eigenvalue weighted by Crippen LogP contribution is 2.29. The summed E-state index contributed by atoms with van der Waals surface area (Å²) >= 11 is 1.50. The van der Waals surface area contributed by atoms with Crippen molar-refractivity contribution in [2.45, 2.75) is 6.61 Å². The lowest BCUT2D eigenvalue weighted by atomic mass is 10.1. The van der Waals surface area contributed by atoms with Crippen LogP contribution >= 0.6 is 11.3 Å². The molecule has 0 aliphatic carbocycles. The molecule has 1 N–H and O–H groups in total. The zero-order valence-corrected chi connectivity index (χ0v) is 17.3. The number of benzene rings is 2. The topological polar surface area (TPSA) is 95.5 Å². The molecule has 0 unspecified atom stereocenters. The second-order valence-corrected chi connectivity index (χ2v) is 6.98. The number of rotatable bonds is 8. The van der Waals surface area contributed by atoms with Crippen molar-refractivity contribution < 1.29 is 19.0 Å². The van der Waals surface area contributed by atoms with Crippen molar-refractivity contribution >= 4 is 22.9 Å². The Hall–Kier alpha value is -3.98. The van der Waals surface area contributed by atoms with Crippen LogP contribution < -0.4 is 19.5 Å². The first kappa shape index (κ1) is 20.3. The summed E-state index contributed by atoms with van der Waals surface area (Å²) in [5, 5.41) is 4.76. The molecular weight excluding hydrogens is 416 g/mol. The molecule has 0 radical (unpaired) electrons. The number of thiazole rings is 1. The second-order valence-electron chi connectivity index (χ2n) is 6.26. The van der Waals surface area contributed by atoms with Gasteiger partial charge in [-0.2, -0.15) is 0 Å². The summed E-state index contributed by atoms with van der Waals surface area (Å²) < 4.78 is 16.7. The Morgan fingerprint density at radius 1 is 1.06 bits per heavy atom. The molecule has 0 saturated heterocycles. The molecule has 0 spiro atoms. The van der Waals surface area contributed by atoms with Crippen LogP contribution in [-0.4, -0.2) is 28.0 Å². The number of nitrogens with one attached hydrogen (secondary N) is 1. The van der Waals surface area contributed by atoms with Gasteiger partial charge in [-0.15, -0.1) is 11.3 Å². The van der Waals surface area contributed by atoms with Crippen molar-refractivity contribution in [2.75, 3.05) is 12.4 Å². The van der Waals surface area contributed by atoms with Crippen molar-refractivity contribution in [3.63, 3.8) is 0 Å². The molecule has 0 aliphatic rings. The molecule has 0 aliphatic heterocycles. The molecule has 0 fully saturated rings. The molecular formula is C22H18N4O4S. The summed E-state index contributed by atoms with van der Waals surface area (Å²) in [5.41, 5.74) is 3.65. The molecule has 1 amide bonds. The number of ether oxygens (including phenoxy) is 3. The van der Waals surface area contributed by atoms with Gasteiger partial charge in [0.2, 0.25) is 5.88 Å². The Morgan fingerprint density at radius 2 is 1.94 bits per heavy atom. The van der Waals surface area contributed by atoms with Crippen LogP contribution in [0.5, 0.6) is 23.1 Å². The number of carbonyl (C=O) groups is 1. The van der Waals surface area contributed by atoms with E-state index in [2.05, 4.69) is 20.3 Å². The molecule has 0 atom stereocenters. The van der Waals surface area contributed by atoms with Gasteiger partial charge in [0.1, 0.15) is 12.4 Å². The molecule has 156 valence electrons. The van der Waals surface area contributed by atoms with Gasteiger partial charge in [-0.25, -0.2) is 9.97 Å². The fraction of sp³-hybridized carbons (Fsp3) is 0.0909. The highest BCUT2D eigenvalue weighted by Gasteiger charge is 2.12. The zero-order chi connectivity index (χ0) is 21.5. The van der Waals surface area contributed by atoms with Crippen LogP contribution in [0.1, 0.15) is 16.1 Å². The smallest absolute Gasteiger partial charge is 0.255 e. The van der Waals surface area contributed by atoms with Gasteiger partial charge in [0.05, 0.1) is 24.5 Å². The van der Waals surface area contributed by atoms with Gasteiger partial charge in [-0.05, 0) is 42.5 Å². The van der Waals surface area contributed by atoms with Gasteiger partial charge in [0.15, 0.2) is 11.5 Å². The quantitative estimate of drug-likeness (QED) is 0.434. The number of nitrogens with zero attached hydrogens (tertiary/aromatic N) is 3. The average molecular weight is 434 g/mol. The maximum atomic E-state index is 12.6. The lowest BCUT2D eigenvalue weighted by Gasteiger charge is -2.12. The van der Waals surface area contributed by atoms with Gasteiger partial charge in [-0.1, -0.05) is 0 Å². The fourth-order valence-corrected chi connectivity index (χ4v) is 3.20. The van der Waals surface area contributed by atoms with E-state index in [1.807, 2.05) is 5.38 Å². The standard InChI is InChI=1S/C22H18N4O4S/c1-28-20-10-15(2-7-19(20)29-12-17-13-31-14-25-17)22(27)26-16-3-5-18(6-4-16)30-21-11-23-8-9-24-21/h2-11,13-14H,12H2,1H3,(H,26,27). The van der Waals surface area contributed by atoms with E-state index in [4.69, 9.17) is 14.2 Å². The largest absolute Gasteiger partial charge is 0.493 e. The Labute approximate surface area is 182 Å². The van der Waals surface area contributed by atoms with Crippen molar-refractivity contribution in [2.24, 2.45) is 0 Å². The summed E-state index contributed by atoms with van der Waals surface area (Å²) in [6.45, 7) is 0.328. The summed E-state index contributed by atoms with van der Waals surface area (Å²) in [6, 6.07) is 12.0. The number of methoxy groups -OCH3 is 1. The highest BCUT2D eigenvalue weighted by atomic mass is 32.1. The Kier molecular flexibility index (Phi) is 6.34. The number of amides is 1. The van der Waals surface area contributed by atoms with Crippen LogP contribution in [0.2, 0.25) is 0 Å². The lowest BCUT2D eigenvalue weighted by molar-refractivity contribution is 0.102. The number of hydrogen-bond acceptors (Lipinski definition) is 8. The van der Waals surface area contributed by atoms with Crippen molar-refractivity contribution in [1.29, 1.82) is 0 Å². The van der Waals surface area contributed by atoms with Gasteiger partial charge in [0.25, 0.3) is 5.91 Å². The predicted molar refractivity (Wildman–Crippen MR) is 116 cm³/mol. The molecule has 31 heavy (non-hydrogen) atoms. The number of aromatic nitrogens is 3. The molecule has 8 nitrogen and oxygen atoms in total. The van der Waals surface area contributed by atoms with E-state index < -0.39 is 0 Å². The minimum Gasteiger partial charge on any atom is -0.493 e. The molecule has 0 bridgehead atoms. The number of anilines is 1. The molecule has 2 heterocycles. The molecule has 2 aromatic heterocycles. The van der Waals surface area contributed by atoms with Crippen LogP contribution in [0, 0.1) is 0 Å². The summed E-state index contributed by atoms with van der Waals surface area (Å²) in [6.07, 6.45) is 4.64. The molecule has 0 saturated carbocycles. The van der Waals surface area contributed by atoms with E-state index in [0.29, 0.717) is 41.0 Å². The maximum Gasteiger partial charge on any atom is 0.255 e. The molecule has 4 aromatic rings. The maximum absolute atomic E-state index is 12.6. The number of carbonyl (C=O) groups excluding carboxylic acids is 1. The summed E-state index contributed by atoms with van der Waals surface area (Å²) in [5.74, 6) is 1.71. The van der Waals surface area contributed by atoms with Crippen molar-refractivity contribution in [1.82, 2.24) is 15.0 Å². The monoisotopic (exact) mass is 434 g/mol. The third-order valence-corrected chi connectivity index (χ3v) is 4.79.